The van der Waals surface area contributed by atoms with Crippen LogP contribution in [0.4, 0.5) is 0 Å². The second-order valence-corrected chi connectivity index (χ2v) is 4.72. The van der Waals surface area contributed by atoms with Crippen LogP contribution in [0.5, 0.6) is 0 Å². The lowest BCUT2D eigenvalue weighted by Gasteiger charge is -2.20. The van der Waals surface area contributed by atoms with E-state index in [-0.39, 0.29) is 0 Å². The highest BCUT2D eigenvalue weighted by Crippen LogP contribution is 2.14. The largest absolute Gasteiger partial charge is 0.388 e. The third-order valence-electron chi connectivity index (χ3n) is 2.92. The van der Waals surface area contributed by atoms with Crippen molar-refractivity contribution in [2.24, 2.45) is 11.8 Å². The van der Waals surface area contributed by atoms with Crippen molar-refractivity contribution in [2.75, 3.05) is 6.54 Å². The van der Waals surface area contributed by atoms with Crippen molar-refractivity contribution in [1.29, 1.82) is 0 Å². The van der Waals surface area contributed by atoms with E-state index in [0.29, 0.717) is 5.92 Å². The maximum Gasteiger partial charge on any atom is 0.0172 e. The smallest absolute Gasteiger partial charge is 0.0172 e. The minimum absolute atomic E-state index is 0.624. The average molecular weight is 211 g/mol. The number of rotatable bonds is 8. The molecular formula is C14H29N. The predicted molar refractivity (Wildman–Crippen MR) is 69.9 cm³/mol. The highest BCUT2D eigenvalue weighted by molar-refractivity contribution is 5.00. The van der Waals surface area contributed by atoms with Gasteiger partial charge in [0.1, 0.15) is 0 Å². The van der Waals surface area contributed by atoms with Gasteiger partial charge >= 0.3 is 0 Å². The molecule has 0 aliphatic carbocycles. The summed E-state index contributed by atoms with van der Waals surface area (Å²) in [5.74, 6) is 1.48. The van der Waals surface area contributed by atoms with E-state index < -0.39 is 0 Å². The maximum atomic E-state index is 3.60. The molecule has 0 amide bonds. The fourth-order valence-corrected chi connectivity index (χ4v) is 2.07. The Hall–Kier alpha value is -0.460. The molecule has 15 heavy (non-hydrogen) atoms. The minimum Gasteiger partial charge on any atom is -0.388 e. The molecule has 0 aromatic carbocycles. The Morgan fingerprint density at radius 1 is 1.13 bits per heavy atom. The Morgan fingerprint density at radius 3 is 2.00 bits per heavy atom. The summed E-state index contributed by atoms with van der Waals surface area (Å²) in [7, 11) is 0. The summed E-state index contributed by atoms with van der Waals surface area (Å²) in [6.07, 6.45) is 7.53. The topological polar surface area (TPSA) is 12.0 Å². The number of nitrogens with one attached hydrogen (secondary N) is 1. The van der Waals surface area contributed by atoms with Crippen LogP contribution in [0.15, 0.2) is 11.8 Å². The summed E-state index contributed by atoms with van der Waals surface area (Å²) in [6.45, 7) is 12.3. The standard InChI is InChI=1S/C14H29N/c1-6-9-13(10-7-2)11-15-14(8-3)12(4)5/h8,12-13,15H,6-7,9-11H2,1-5H3/b14-8+. The van der Waals surface area contributed by atoms with Gasteiger partial charge in [0.2, 0.25) is 0 Å². The Balaban J connectivity index is 3.96. The lowest BCUT2D eigenvalue weighted by Crippen LogP contribution is -2.24. The zero-order valence-electron chi connectivity index (χ0n) is 11.3. The van der Waals surface area contributed by atoms with Crippen LogP contribution in [0, 0.1) is 11.8 Å². The fraction of sp³-hybridized carbons (Fsp3) is 0.857. The van der Waals surface area contributed by atoms with E-state index in [2.05, 4.69) is 46.0 Å². The Morgan fingerprint density at radius 2 is 1.67 bits per heavy atom. The van der Waals surface area contributed by atoms with Gasteiger partial charge in [-0.05, 0) is 31.6 Å². The van der Waals surface area contributed by atoms with Crippen LogP contribution in [0.2, 0.25) is 0 Å². The van der Waals surface area contributed by atoms with Crippen molar-refractivity contribution < 1.29 is 0 Å². The van der Waals surface area contributed by atoms with Crippen LogP contribution in [-0.4, -0.2) is 6.54 Å². The summed E-state index contributed by atoms with van der Waals surface area (Å²) in [6, 6.07) is 0. The highest BCUT2D eigenvalue weighted by atomic mass is 14.9. The molecule has 0 fully saturated rings. The molecule has 0 aromatic heterocycles. The van der Waals surface area contributed by atoms with Gasteiger partial charge in [-0.3, -0.25) is 0 Å². The summed E-state index contributed by atoms with van der Waals surface area (Å²) < 4.78 is 0. The zero-order chi connectivity index (χ0) is 11.7. The predicted octanol–water partition coefficient (Wildman–Crippen LogP) is 4.35. The van der Waals surface area contributed by atoms with Crippen LogP contribution in [0.25, 0.3) is 0 Å². The molecule has 0 saturated carbocycles. The van der Waals surface area contributed by atoms with Crippen molar-refractivity contribution in [1.82, 2.24) is 5.32 Å². The number of hydrogen-bond acceptors (Lipinski definition) is 1. The molecule has 0 bridgehead atoms. The van der Waals surface area contributed by atoms with Crippen molar-refractivity contribution >= 4 is 0 Å². The van der Waals surface area contributed by atoms with Crippen LogP contribution in [0.1, 0.15) is 60.3 Å². The molecule has 0 aliphatic heterocycles. The first-order valence-electron chi connectivity index (χ1n) is 6.55. The van der Waals surface area contributed by atoms with E-state index in [4.69, 9.17) is 0 Å². The molecule has 0 atom stereocenters. The van der Waals surface area contributed by atoms with Crippen molar-refractivity contribution in [3.8, 4) is 0 Å². The van der Waals surface area contributed by atoms with Gasteiger partial charge in [0.05, 0.1) is 0 Å². The van der Waals surface area contributed by atoms with E-state index in [0.717, 1.165) is 12.5 Å². The van der Waals surface area contributed by atoms with Gasteiger partial charge in [-0.25, -0.2) is 0 Å². The number of allylic oxidation sites excluding steroid dienone is 2. The summed E-state index contributed by atoms with van der Waals surface area (Å²) in [5, 5.41) is 3.60. The van der Waals surface area contributed by atoms with E-state index in [1.54, 1.807) is 0 Å². The maximum absolute atomic E-state index is 3.60. The molecule has 0 aromatic rings. The first kappa shape index (κ1) is 14.5. The van der Waals surface area contributed by atoms with E-state index in [1.165, 1.54) is 31.4 Å². The molecule has 90 valence electrons. The molecule has 1 heteroatoms. The first-order chi connectivity index (χ1) is 7.15. The van der Waals surface area contributed by atoms with Gasteiger partial charge < -0.3 is 5.32 Å². The lowest BCUT2D eigenvalue weighted by molar-refractivity contribution is 0.417. The molecule has 0 unspecified atom stereocenters. The lowest BCUT2D eigenvalue weighted by atomic mass is 9.98. The van der Waals surface area contributed by atoms with Crippen molar-refractivity contribution in [3.05, 3.63) is 11.8 Å². The fourth-order valence-electron chi connectivity index (χ4n) is 2.07. The monoisotopic (exact) mass is 211 g/mol. The second-order valence-electron chi connectivity index (χ2n) is 4.72. The first-order valence-corrected chi connectivity index (χ1v) is 6.55. The van der Waals surface area contributed by atoms with Gasteiger partial charge in [-0.2, -0.15) is 0 Å². The van der Waals surface area contributed by atoms with Gasteiger partial charge in [0.15, 0.2) is 0 Å². The molecule has 1 N–H and O–H groups in total. The Labute approximate surface area is 96.3 Å². The summed E-state index contributed by atoms with van der Waals surface area (Å²) in [4.78, 5) is 0. The SMILES string of the molecule is C/C=C(/NCC(CCC)CCC)C(C)C. The van der Waals surface area contributed by atoms with Gasteiger partial charge in [-0.15, -0.1) is 0 Å². The average Bonchev–Trinajstić information content (AvgIpc) is 2.18. The molecular weight excluding hydrogens is 182 g/mol. The molecule has 1 nitrogen and oxygen atoms in total. The second kappa shape index (κ2) is 8.82. The zero-order valence-corrected chi connectivity index (χ0v) is 11.3. The normalized spacial score (nSPS) is 12.6. The van der Waals surface area contributed by atoms with Crippen molar-refractivity contribution in [2.45, 2.75) is 60.3 Å². The van der Waals surface area contributed by atoms with Crippen LogP contribution in [0.3, 0.4) is 0 Å². The van der Waals surface area contributed by atoms with Gasteiger partial charge in [-0.1, -0.05) is 46.6 Å². The van der Waals surface area contributed by atoms with E-state index >= 15 is 0 Å². The number of hydrogen-bond donors (Lipinski definition) is 1. The van der Waals surface area contributed by atoms with Crippen LogP contribution < -0.4 is 5.32 Å². The Kier molecular flexibility index (Phi) is 8.55. The minimum atomic E-state index is 0.624. The quantitative estimate of drug-likeness (QED) is 0.629. The molecule has 0 rings (SSSR count). The van der Waals surface area contributed by atoms with Gasteiger partial charge in [0.25, 0.3) is 0 Å². The van der Waals surface area contributed by atoms with Gasteiger partial charge in [0, 0.05) is 12.2 Å². The molecule has 0 aliphatic rings. The third kappa shape index (κ3) is 6.59. The molecule has 0 saturated heterocycles. The van der Waals surface area contributed by atoms with Crippen molar-refractivity contribution in [3.63, 3.8) is 0 Å². The van der Waals surface area contributed by atoms with E-state index in [1.807, 2.05) is 0 Å². The Bertz CT molecular complexity index is 164. The molecule has 0 spiro atoms. The summed E-state index contributed by atoms with van der Waals surface area (Å²) >= 11 is 0. The highest BCUT2D eigenvalue weighted by Gasteiger charge is 2.08. The third-order valence-corrected chi connectivity index (χ3v) is 2.92. The molecule has 0 radical (unpaired) electrons. The van der Waals surface area contributed by atoms with E-state index in [9.17, 15) is 0 Å². The molecule has 0 heterocycles. The van der Waals surface area contributed by atoms with Crippen LogP contribution >= 0.6 is 0 Å². The summed E-state index contributed by atoms with van der Waals surface area (Å²) in [5.41, 5.74) is 1.40. The van der Waals surface area contributed by atoms with Crippen LogP contribution in [-0.2, 0) is 0 Å².